The Morgan fingerprint density at radius 2 is 1.59 bits per heavy atom. The maximum Gasteiger partial charge on any atom is 0.310 e. The highest BCUT2D eigenvalue weighted by atomic mass is 16.4. The first-order chi connectivity index (χ1) is 15.7. The number of carbonyl (C=O) groups is 1. The molecule has 34 heavy (non-hydrogen) atoms. The molecule has 0 unspecified atom stereocenters. The number of aliphatic hydroxyl groups is 2. The lowest BCUT2D eigenvalue weighted by Gasteiger charge is -2.71. The van der Waals surface area contributed by atoms with Crippen LogP contribution in [0.2, 0.25) is 0 Å². The van der Waals surface area contributed by atoms with Gasteiger partial charge in [-0.25, -0.2) is 0 Å². The van der Waals surface area contributed by atoms with Gasteiger partial charge in [-0.3, -0.25) is 4.79 Å². The smallest absolute Gasteiger partial charge is 0.310 e. The van der Waals surface area contributed by atoms with Gasteiger partial charge < -0.3 is 15.3 Å². The minimum absolute atomic E-state index is 0.00933. The minimum Gasteiger partial charge on any atom is -0.481 e. The highest BCUT2D eigenvalue weighted by Crippen LogP contribution is 2.75. The van der Waals surface area contributed by atoms with Crippen LogP contribution in [-0.4, -0.2) is 33.5 Å². The van der Waals surface area contributed by atoms with Crippen molar-refractivity contribution in [1.82, 2.24) is 0 Å². The van der Waals surface area contributed by atoms with Crippen LogP contribution in [-0.2, 0) is 4.79 Å². The van der Waals surface area contributed by atoms with Crippen molar-refractivity contribution in [2.24, 2.45) is 56.7 Å². The van der Waals surface area contributed by atoms with Crippen molar-refractivity contribution in [2.75, 3.05) is 0 Å². The zero-order valence-corrected chi connectivity index (χ0v) is 22.5. The molecule has 0 heterocycles. The fraction of sp³-hybridized carbons (Fsp3) is 0.900. The molecule has 4 fully saturated rings. The number of hydrogen-bond donors (Lipinski definition) is 3. The van der Waals surface area contributed by atoms with E-state index in [9.17, 15) is 20.1 Å². The molecule has 5 aliphatic rings. The average molecular weight is 473 g/mol. The van der Waals surface area contributed by atoms with E-state index < -0.39 is 17.5 Å². The first-order valence-electron chi connectivity index (χ1n) is 14.0. The third-order valence-corrected chi connectivity index (χ3v) is 13.5. The molecule has 4 heteroatoms. The summed E-state index contributed by atoms with van der Waals surface area (Å²) in [5.74, 6) is 0.644. The van der Waals surface area contributed by atoms with Crippen LogP contribution in [0, 0.1) is 56.7 Å². The molecular weight excluding hydrogens is 424 g/mol. The molecule has 0 aliphatic heterocycles. The van der Waals surface area contributed by atoms with Gasteiger partial charge in [-0.15, -0.1) is 0 Å². The topological polar surface area (TPSA) is 77.8 Å². The molecule has 4 saturated carbocycles. The third kappa shape index (κ3) is 2.76. The number of rotatable bonds is 1. The van der Waals surface area contributed by atoms with E-state index in [1.165, 1.54) is 5.57 Å². The van der Waals surface area contributed by atoms with E-state index >= 15 is 0 Å². The highest BCUT2D eigenvalue weighted by Gasteiger charge is 2.70. The Labute approximate surface area is 206 Å². The predicted molar refractivity (Wildman–Crippen MR) is 134 cm³/mol. The number of carboxylic acid groups (broad SMARTS) is 1. The molecule has 0 radical (unpaired) electrons. The molecule has 0 spiro atoms. The minimum atomic E-state index is -0.835. The molecule has 0 bridgehead atoms. The first kappa shape index (κ1) is 24.8. The summed E-state index contributed by atoms with van der Waals surface area (Å²) in [5, 5.41) is 32.2. The number of fused-ring (bicyclic) bond motifs is 7. The van der Waals surface area contributed by atoms with Gasteiger partial charge >= 0.3 is 5.97 Å². The highest BCUT2D eigenvalue weighted by molar-refractivity contribution is 5.77. The van der Waals surface area contributed by atoms with Gasteiger partial charge in [-0.1, -0.05) is 60.1 Å². The van der Waals surface area contributed by atoms with E-state index in [4.69, 9.17) is 0 Å². The molecule has 0 aromatic heterocycles. The van der Waals surface area contributed by atoms with Crippen LogP contribution < -0.4 is 0 Å². The lowest BCUT2D eigenvalue weighted by atomic mass is 9.33. The SMILES string of the molecule is C[C@H]1[C@H](C)[C@@H](O)C[C@]2(C(=O)O)CC[C@]3(C)C(=CC[C@@H]4[C@@]5(C)CC[C@H](O)C(C)(C)[C@@H]5CC[C@]43C)[C@H]12. The normalized spacial score (nSPS) is 56.3. The summed E-state index contributed by atoms with van der Waals surface area (Å²) >= 11 is 0. The molecule has 11 atom stereocenters. The molecule has 192 valence electrons. The fourth-order valence-electron chi connectivity index (χ4n) is 10.9. The lowest BCUT2D eigenvalue weighted by molar-refractivity contribution is -0.209. The summed E-state index contributed by atoms with van der Waals surface area (Å²) in [6.45, 7) is 16.4. The second-order valence-electron chi connectivity index (χ2n) is 14.6. The summed E-state index contributed by atoms with van der Waals surface area (Å²) in [6.07, 6.45) is 8.98. The van der Waals surface area contributed by atoms with Gasteiger partial charge in [-0.05, 0) is 103 Å². The Morgan fingerprint density at radius 1 is 0.912 bits per heavy atom. The van der Waals surface area contributed by atoms with Crippen LogP contribution in [0.1, 0.15) is 99.8 Å². The molecule has 0 amide bonds. The molecular formula is C30H48O4. The van der Waals surface area contributed by atoms with Crippen molar-refractivity contribution in [2.45, 2.75) is 112 Å². The summed E-state index contributed by atoms with van der Waals surface area (Å²) < 4.78 is 0. The van der Waals surface area contributed by atoms with Crippen LogP contribution in [0.3, 0.4) is 0 Å². The maximum absolute atomic E-state index is 12.8. The second-order valence-corrected chi connectivity index (χ2v) is 14.6. The third-order valence-electron chi connectivity index (χ3n) is 13.5. The van der Waals surface area contributed by atoms with Crippen LogP contribution >= 0.6 is 0 Å². The van der Waals surface area contributed by atoms with Crippen molar-refractivity contribution < 1.29 is 20.1 Å². The van der Waals surface area contributed by atoms with Crippen LogP contribution in [0.15, 0.2) is 11.6 Å². The maximum atomic E-state index is 12.8. The van der Waals surface area contributed by atoms with Crippen molar-refractivity contribution in [3.63, 3.8) is 0 Å². The van der Waals surface area contributed by atoms with Crippen LogP contribution in [0.25, 0.3) is 0 Å². The molecule has 5 aliphatic carbocycles. The number of allylic oxidation sites excluding steroid dienone is 2. The van der Waals surface area contributed by atoms with Crippen LogP contribution in [0.4, 0.5) is 0 Å². The van der Waals surface area contributed by atoms with Crippen LogP contribution in [0.5, 0.6) is 0 Å². The van der Waals surface area contributed by atoms with Gasteiger partial charge in [-0.2, -0.15) is 0 Å². The van der Waals surface area contributed by atoms with E-state index in [-0.39, 0.29) is 45.5 Å². The lowest BCUT2D eigenvalue weighted by Crippen LogP contribution is -2.66. The van der Waals surface area contributed by atoms with E-state index in [0.29, 0.717) is 24.7 Å². The predicted octanol–water partition coefficient (Wildman–Crippen LogP) is 6.06. The summed E-state index contributed by atoms with van der Waals surface area (Å²) in [5.41, 5.74) is 0.826. The van der Waals surface area contributed by atoms with Crippen molar-refractivity contribution in [3.05, 3.63) is 11.6 Å². The van der Waals surface area contributed by atoms with Gasteiger partial charge in [0, 0.05) is 0 Å². The summed E-state index contributed by atoms with van der Waals surface area (Å²) in [7, 11) is 0. The monoisotopic (exact) mass is 472 g/mol. The van der Waals surface area contributed by atoms with Crippen molar-refractivity contribution in [3.8, 4) is 0 Å². The Hall–Kier alpha value is -0.870. The van der Waals surface area contributed by atoms with Crippen molar-refractivity contribution in [1.29, 1.82) is 0 Å². The molecule has 3 N–H and O–H groups in total. The Kier molecular flexibility index (Phi) is 5.36. The van der Waals surface area contributed by atoms with Gasteiger partial charge in [0.2, 0.25) is 0 Å². The molecule has 5 rings (SSSR count). The molecule has 0 saturated heterocycles. The molecule has 0 aromatic rings. The first-order valence-corrected chi connectivity index (χ1v) is 14.0. The van der Waals surface area contributed by atoms with Gasteiger partial charge in [0.1, 0.15) is 0 Å². The number of hydrogen-bond acceptors (Lipinski definition) is 3. The van der Waals surface area contributed by atoms with Gasteiger partial charge in [0.15, 0.2) is 0 Å². The number of aliphatic carboxylic acids is 1. The van der Waals surface area contributed by atoms with Gasteiger partial charge in [0.25, 0.3) is 0 Å². The van der Waals surface area contributed by atoms with E-state index in [0.717, 1.165) is 38.5 Å². The Bertz CT molecular complexity index is 907. The fourth-order valence-corrected chi connectivity index (χ4v) is 10.9. The largest absolute Gasteiger partial charge is 0.481 e. The number of aliphatic hydroxyl groups excluding tert-OH is 2. The zero-order valence-electron chi connectivity index (χ0n) is 22.5. The summed E-state index contributed by atoms with van der Waals surface area (Å²) in [4.78, 5) is 12.8. The standard InChI is InChI=1S/C30H48O4/c1-17-18(2)24-19-8-9-22-27(5)12-11-23(32)26(3,4)21(27)10-13-29(22,7)28(19,6)14-15-30(24,25(33)34)16-20(17)31/h8,17-18,20-24,31-32H,9-16H2,1-7H3,(H,33,34)/t17-,18-,20-,21-,22+,23-,24-,27-,28+,29+,30+/m0/s1. The number of carboxylic acids is 1. The van der Waals surface area contributed by atoms with Gasteiger partial charge in [0.05, 0.1) is 17.6 Å². The average Bonchev–Trinajstić information content (AvgIpc) is 2.75. The molecule has 4 nitrogen and oxygen atoms in total. The summed E-state index contributed by atoms with van der Waals surface area (Å²) in [6, 6.07) is 0. The Balaban J connectivity index is 1.62. The van der Waals surface area contributed by atoms with E-state index in [2.05, 4.69) is 54.5 Å². The zero-order chi connectivity index (χ0) is 25.1. The van der Waals surface area contributed by atoms with E-state index in [1.807, 2.05) is 0 Å². The molecule has 0 aromatic carbocycles. The van der Waals surface area contributed by atoms with Crippen molar-refractivity contribution >= 4 is 5.97 Å². The second kappa shape index (κ2) is 7.34. The quantitative estimate of drug-likeness (QED) is 0.405. The van der Waals surface area contributed by atoms with E-state index in [1.54, 1.807) is 0 Å². The Morgan fingerprint density at radius 3 is 2.24 bits per heavy atom.